The molecule has 0 saturated carbocycles. The molecule has 4 atom stereocenters. The van der Waals surface area contributed by atoms with E-state index in [1.165, 1.54) is 0 Å². The maximum atomic E-state index is 13.3. The number of carbonyl (C=O) groups excluding carboxylic acids is 1. The molecule has 9 nitrogen and oxygen atoms in total. The Morgan fingerprint density at radius 2 is 1.70 bits per heavy atom. The summed E-state index contributed by atoms with van der Waals surface area (Å²) in [5.74, 6) is 1.79. The van der Waals surface area contributed by atoms with Crippen molar-refractivity contribution in [1.29, 1.82) is 0 Å². The molecule has 1 fully saturated rings. The number of aliphatic hydroxyl groups is 1. The summed E-state index contributed by atoms with van der Waals surface area (Å²) in [5.41, 5.74) is 7.58. The maximum absolute atomic E-state index is 13.3. The summed E-state index contributed by atoms with van der Waals surface area (Å²) < 4.78 is 22.1. The van der Waals surface area contributed by atoms with Crippen molar-refractivity contribution in [2.45, 2.75) is 84.9 Å². The molecular weight excluding hydrogens is 605 g/mol. The smallest absolute Gasteiger partial charge is 0.223 e. The number of nitrogens with two attached hydrogens (primary N) is 1. The first kappa shape index (κ1) is 42.7. The Hall–Kier alpha value is -1.33. The summed E-state index contributed by atoms with van der Waals surface area (Å²) in [6.07, 6.45) is 1.83. The van der Waals surface area contributed by atoms with Crippen molar-refractivity contribution in [2.75, 3.05) is 60.3 Å². The summed E-state index contributed by atoms with van der Waals surface area (Å²) in [4.78, 5) is 15.7. The van der Waals surface area contributed by atoms with Gasteiger partial charge in [0.1, 0.15) is 0 Å². The number of methoxy groups -OCH3 is 2. The van der Waals surface area contributed by atoms with Gasteiger partial charge in [-0.1, -0.05) is 33.8 Å². The highest BCUT2D eigenvalue weighted by atomic mass is 35.5. The van der Waals surface area contributed by atoms with Gasteiger partial charge in [0.05, 0.1) is 33.0 Å². The number of carbonyl (C=O) groups is 1. The van der Waals surface area contributed by atoms with Gasteiger partial charge in [-0.15, -0.1) is 24.8 Å². The van der Waals surface area contributed by atoms with Gasteiger partial charge in [-0.2, -0.15) is 0 Å². The molecule has 1 amide bonds. The zero-order valence-electron chi connectivity index (χ0n) is 28.3. The first-order chi connectivity index (χ1) is 19.9. The third-order valence-corrected chi connectivity index (χ3v) is 8.69. The molecule has 1 heterocycles. The molecule has 1 saturated heterocycles. The van der Waals surface area contributed by atoms with Gasteiger partial charge in [0.25, 0.3) is 0 Å². The van der Waals surface area contributed by atoms with Crippen molar-refractivity contribution in [3.05, 3.63) is 23.8 Å². The van der Waals surface area contributed by atoms with Gasteiger partial charge >= 0.3 is 0 Å². The third kappa shape index (κ3) is 14.0. The number of nitrogens with one attached hydrogen (secondary N) is 1. The van der Waals surface area contributed by atoms with Gasteiger partial charge in [0.15, 0.2) is 11.5 Å². The molecule has 1 aromatic rings. The van der Waals surface area contributed by atoms with Gasteiger partial charge in [-0.3, -0.25) is 9.69 Å². The first-order valence-corrected chi connectivity index (χ1v) is 15.7. The zero-order valence-corrected chi connectivity index (χ0v) is 29.9. The number of rotatable bonds is 19. The fourth-order valence-corrected chi connectivity index (χ4v) is 5.58. The topological polar surface area (TPSA) is 116 Å². The summed E-state index contributed by atoms with van der Waals surface area (Å²) in [6.45, 7) is 17.6. The fraction of sp³-hybridized carbons (Fsp3) is 0.788. The second kappa shape index (κ2) is 21.5. The lowest BCUT2D eigenvalue weighted by Gasteiger charge is -2.41. The minimum Gasteiger partial charge on any atom is -0.493 e. The van der Waals surface area contributed by atoms with Crippen LogP contribution in [0.15, 0.2) is 18.2 Å². The van der Waals surface area contributed by atoms with Crippen LogP contribution in [0.5, 0.6) is 11.5 Å². The highest BCUT2D eigenvalue weighted by Crippen LogP contribution is 2.32. The predicted molar refractivity (Wildman–Crippen MR) is 183 cm³/mol. The van der Waals surface area contributed by atoms with E-state index in [0.29, 0.717) is 44.3 Å². The van der Waals surface area contributed by atoms with Crippen LogP contribution in [0, 0.1) is 23.7 Å². The van der Waals surface area contributed by atoms with Crippen LogP contribution in [-0.2, 0) is 20.7 Å². The second-order valence-electron chi connectivity index (χ2n) is 13.1. The molecule has 0 spiro atoms. The number of hydrogen-bond acceptors (Lipinski definition) is 8. The van der Waals surface area contributed by atoms with E-state index in [1.54, 1.807) is 14.2 Å². The quantitative estimate of drug-likeness (QED) is 0.182. The van der Waals surface area contributed by atoms with Gasteiger partial charge in [-0.05, 0) is 68.6 Å². The Bertz CT molecular complexity index is 931. The molecule has 1 aromatic carbocycles. The van der Waals surface area contributed by atoms with E-state index in [1.807, 2.05) is 26.0 Å². The monoisotopic (exact) mass is 665 g/mol. The largest absolute Gasteiger partial charge is 0.493 e. The lowest BCUT2D eigenvalue weighted by atomic mass is 9.80. The van der Waals surface area contributed by atoms with E-state index in [2.05, 4.69) is 44.0 Å². The Morgan fingerprint density at radius 3 is 2.27 bits per heavy atom. The second-order valence-corrected chi connectivity index (χ2v) is 13.1. The molecule has 2 rings (SSSR count). The highest BCUT2D eigenvalue weighted by molar-refractivity contribution is 5.85. The van der Waals surface area contributed by atoms with E-state index < -0.39 is 12.1 Å². The molecule has 0 aliphatic carbocycles. The molecule has 0 bridgehead atoms. The minimum atomic E-state index is -0.771. The Morgan fingerprint density at radius 1 is 1.05 bits per heavy atom. The van der Waals surface area contributed by atoms with Crippen LogP contribution in [-0.4, -0.2) is 93.9 Å². The number of morpholine rings is 1. The predicted octanol–water partition coefficient (Wildman–Crippen LogP) is 4.74. The highest BCUT2D eigenvalue weighted by Gasteiger charge is 2.33. The summed E-state index contributed by atoms with van der Waals surface area (Å²) in [7, 11) is 3.32. The van der Waals surface area contributed by atoms with E-state index in [9.17, 15) is 9.90 Å². The normalized spacial score (nSPS) is 16.8. The van der Waals surface area contributed by atoms with Crippen LogP contribution in [0.4, 0.5) is 0 Å². The van der Waals surface area contributed by atoms with E-state index in [0.717, 1.165) is 50.5 Å². The van der Waals surface area contributed by atoms with Crippen molar-refractivity contribution < 1.29 is 28.8 Å². The molecule has 258 valence electrons. The van der Waals surface area contributed by atoms with E-state index >= 15 is 0 Å². The minimum absolute atomic E-state index is 0. The van der Waals surface area contributed by atoms with Crippen molar-refractivity contribution in [3.8, 4) is 11.5 Å². The molecule has 11 heteroatoms. The zero-order chi connectivity index (χ0) is 31.3. The SMILES string of the molecule is COCCCOc1cc(C[C@@H](C[C@H](N)[C@@H](O)C[C@H](C(=O)NCC(C)(C)N2CCOCC2)C(C)C)C(C)C)ccc1OC.Cl.Cl. The first-order valence-electron chi connectivity index (χ1n) is 15.7. The van der Waals surface area contributed by atoms with Gasteiger partial charge in [-0.25, -0.2) is 0 Å². The molecule has 1 aliphatic rings. The molecule has 4 N–H and O–H groups in total. The molecule has 0 radical (unpaired) electrons. The molecule has 0 aromatic heterocycles. The molecule has 1 aliphatic heterocycles. The van der Waals surface area contributed by atoms with Gasteiger partial charge < -0.3 is 35.1 Å². The van der Waals surface area contributed by atoms with E-state index in [4.69, 9.17) is 24.7 Å². The van der Waals surface area contributed by atoms with Gasteiger partial charge in [0, 0.05) is 57.3 Å². The van der Waals surface area contributed by atoms with Crippen LogP contribution in [0.25, 0.3) is 0 Å². The number of benzene rings is 1. The average molecular weight is 667 g/mol. The average Bonchev–Trinajstić information content (AvgIpc) is 2.96. The number of nitrogens with zero attached hydrogens (tertiary/aromatic N) is 1. The van der Waals surface area contributed by atoms with Crippen molar-refractivity contribution in [1.82, 2.24) is 10.2 Å². The van der Waals surface area contributed by atoms with Crippen LogP contribution < -0.4 is 20.5 Å². The number of halogens is 2. The number of aliphatic hydroxyl groups excluding tert-OH is 1. The Labute approximate surface area is 279 Å². The number of ether oxygens (including phenoxy) is 4. The Balaban J connectivity index is 0.00000924. The van der Waals surface area contributed by atoms with Crippen molar-refractivity contribution >= 4 is 30.7 Å². The van der Waals surface area contributed by atoms with E-state index in [-0.39, 0.29) is 54.0 Å². The fourth-order valence-electron chi connectivity index (χ4n) is 5.58. The summed E-state index contributed by atoms with van der Waals surface area (Å²) in [5, 5.41) is 14.4. The standard InChI is InChI=1S/C33H59N3O6.2ClH/c1-23(2)26(18-25-10-11-30(40-8)31(19-25)42-15-9-14-39-7)20-28(34)29(37)21-27(24(3)4)32(38)35-22-33(5,6)36-12-16-41-17-13-36;;/h10-11,19,23-24,26-29,37H,9,12-18,20-22,34H2,1-8H3,(H,35,38);2*1H/t26-,27-,28-,29-;;/m0../s1. The van der Waals surface area contributed by atoms with Crippen LogP contribution >= 0.6 is 24.8 Å². The van der Waals surface area contributed by atoms with Crippen molar-refractivity contribution in [2.24, 2.45) is 29.4 Å². The third-order valence-electron chi connectivity index (χ3n) is 8.69. The lowest BCUT2D eigenvalue weighted by Crippen LogP contribution is -2.56. The molecule has 0 unspecified atom stereocenters. The van der Waals surface area contributed by atoms with Crippen LogP contribution in [0.1, 0.15) is 66.4 Å². The van der Waals surface area contributed by atoms with Crippen LogP contribution in [0.2, 0.25) is 0 Å². The van der Waals surface area contributed by atoms with Crippen LogP contribution in [0.3, 0.4) is 0 Å². The maximum Gasteiger partial charge on any atom is 0.223 e. The molecule has 44 heavy (non-hydrogen) atoms. The number of hydrogen-bond donors (Lipinski definition) is 3. The summed E-state index contributed by atoms with van der Waals surface area (Å²) >= 11 is 0. The molecular formula is C33H61Cl2N3O6. The Kier molecular flexibility index (Phi) is 20.8. The number of amides is 1. The lowest BCUT2D eigenvalue weighted by molar-refractivity contribution is -0.128. The van der Waals surface area contributed by atoms with Crippen molar-refractivity contribution in [3.63, 3.8) is 0 Å². The summed E-state index contributed by atoms with van der Waals surface area (Å²) in [6, 6.07) is 5.62. The van der Waals surface area contributed by atoms with Gasteiger partial charge in [0.2, 0.25) is 5.91 Å².